The van der Waals surface area contributed by atoms with Gasteiger partial charge in [-0.2, -0.15) is 0 Å². The maximum absolute atomic E-state index is 13.1. The zero-order chi connectivity index (χ0) is 11.3. The SMILES string of the molecule is C#CCC(C)NCc1ccc(Br)c(F)c1. The molecule has 1 nitrogen and oxygen atoms in total. The topological polar surface area (TPSA) is 12.0 Å². The van der Waals surface area contributed by atoms with Crippen molar-refractivity contribution in [2.45, 2.75) is 25.9 Å². The van der Waals surface area contributed by atoms with Crippen molar-refractivity contribution in [3.8, 4) is 12.3 Å². The van der Waals surface area contributed by atoms with E-state index in [9.17, 15) is 4.39 Å². The van der Waals surface area contributed by atoms with Crippen molar-refractivity contribution in [3.05, 3.63) is 34.1 Å². The molecule has 0 aromatic heterocycles. The van der Waals surface area contributed by atoms with Crippen molar-refractivity contribution in [1.29, 1.82) is 0 Å². The summed E-state index contributed by atoms with van der Waals surface area (Å²) in [6.07, 6.45) is 5.87. The lowest BCUT2D eigenvalue weighted by atomic mass is 10.2. The number of hydrogen-bond acceptors (Lipinski definition) is 1. The molecule has 80 valence electrons. The highest BCUT2D eigenvalue weighted by Crippen LogP contribution is 2.16. The van der Waals surface area contributed by atoms with Gasteiger partial charge in [0.15, 0.2) is 0 Å². The van der Waals surface area contributed by atoms with Crippen LogP contribution < -0.4 is 5.32 Å². The molecule has 1 aromatic carbocycles. The molecule has 1 rings (SSSR count). The molecule has 0 bridgehead atoms. The van der Waals surface area contributed by atoms with E-state index in [4.69, 9.17) is 6.42 Å². The van der Waals surface area contributed by atoms with E-state index in [1.54, 1.807) is 6.07 Å². The van der Waals surface area contributed by atoms with Gasteiger partial charge < -0.3 is 5.32 Å². The van der Waals surface area contributed by atoms with Gasteiger partial charge in [0.25, 0.3) is 0 Å². The van der Waals surface area contributed by atoms with Gasteiger partial charge in [-0.15, -0.1) is 12.3 Å². The second-order valence-electron chi connectivity index (χ2n) is 3.44. The Morgan fingerprint density at radius 2 is 2.33 bits per heavy atom. The molecule has 0 heterocycles. The minimum absolute atomic E-state index is 0.237. The van der Waals surface area contributed by atoms with Crippen LogP contribution in [0, 0.1) is 18.2 Å². The van der Waals surface area contributed by atoms with Crippen LogP contribution in [0.15, 0.2) is 22.7 Å². The molecule has 1 N–H and O–H groups in total. The molecule has 0 aliphatic heterocycles. The van der Waals surface area contributed by atoms with Crippen molar-refractivity contribution in [1.82, 2.24) is 5.32 Å². The first-order valence-electron chi connectivity index (χ1n) is 4.74. The van der Waals surface area contributed by atoms with E-state index < -0.39 is 0 Å². The van der Waals surface area contributed by atoms with Crippen LogP contribution >= 0.6 is 15.9 Å². The first-order valence-corrected chi connectivity index (χ1v) is 5.53. The second-order valence-corrected chi connectivity index (χ2v) is 4.29. The van der Waals surface area contributed by atoms with Crippen LogP contribution in [0.5, 0.6) is 0 Å². The highest BCUT2D eigenvalue weighted by Gasteiger charge is 2.02. The van der Waals surface area contributed by atoms with Crippen molar-refractivity contribution in [2.75, 3.05) is 0 Å². The Kier molecular flexibility index (Phi) is 4.80. The molecule has 0 amide bonds. The summed E-state index contributed by atoms with van der Waals surface area (Å²) >= 11 is 3.11. The van der Waals surface area contributed by atoms with Gasteiger partial charge in [0, 0.05) is 19.0 Å². The van der Waals surface area contributed by atoms with Crippen molar-refractivity contribution >= 4 is 15.9 Å². The average Bonchev–Trinajstić information content (AvgIpc) is 2.20. The summed E-state index contributed by atoms with van der Waals surface area (Å²) in [6.45, 7) is 2.64. The predicted molar refractivity (Wildman–Crippen MR) is 63.9 cm³/mol. The van der Waals surface area contributed by atoms with Gasteiger partial charge in [-0.05, 0) is 40.5 Å². The smallest absolute Gasteiger partial charge is 0.137 e. The van der Waals surface area contributed by atoms with Crippen LogP contribution in [-0.4, -0.2) is 6.04 Å². The maximum Gasteiger partial charge on any atom is 0.137 e. The monoisotopic (exact) mass is 269 g/mol. The fourth-order valence-corrected chi connectivity index (χ4v) is 1.44. The van der Waals surface area contributed by atoms with E-state index in [2.05, 4.69) is 27.2 Å². The molecule has 0 saturated heterocycles. The Balaban J connectivity index is 2.51. The molecule has 0 aliphatic rings. The normalized spacial score (nSPS) is 12.1. The summed E-state index contributed by atoms with van der Waals surface area (Å²) in [4.78, 5) is 0. The molecule has 0 saturated carbocycles. The summed E-state index contributed by atoms with van der Waals surface area (Å²) in [6, 6.07) is 5.35. The van der Waals surface area contributed by atoms with E-state index in [0.717, 1.165) is 5.56 Å². The number of halogens is 2. The molecular weight excluding hydrogens is 257 g/mol. The summed E-state index contributed by atoms with van der Waals surface area (Å²) in [5, 5.41) is 3.22. The Morgan fingerprint density at radius 3 is 2.93 bits per heavy atom. The fraction of sp³-hybridized carbons (Fsp3) is 0.333. The van der Waals surface area contributed by atoms with E-state index in [0.29, 0.717) is 17.4 Å². The third-order valence-corrected chi connectivity index (χ3v) is 2.71. The average molecular weight is 270 g/mol. The lowest BCUT2D eigenvalue weighted by Gasteiger charge is -2.10. The van der Waals surface area contributed by atoms with Crippen molar-refractivity contribution < 1.29 is 4.39 Å². The number of hydrogen-bond donors (Lipinski definition) is 1. The van der Waals surface area contributed by atoms with E-state index in [1.165, 1.54) is 6.07 Å². The summed E-state index contributed by atoms with van der Waals surface area (Å²) < 4.78 is 13.6. The molecule has 1 aromatic rings. The zero-order valence-electron chi connectivity index (χ0n) is 8.56. The second kappa shape index (κ2) is 5.89. The van der Waals surface area contributed by atoms with Gasteiger partial charge in [-0.1, -0.05) is 6.07 Å². The molecule has 15 heavy (non-hydrogen) atoms. The fourth-order valence-electron chi connectivity index (χ4n) is 1.19. The third-order valence-electron chi connectivity index (χ3n) is 2.06. The first-order chi connectivity index (χ1) is 7.13. The van der Waals surface area contributed by atoms with Gasteiger partial charge in [0.2, 0.25) is 0 Å². The molecule has 0 aliphatic carbocycles. The zero-order valence-corrected chi connectivity index (χ0v) is 10.1. The Labute approximate surface area is 98.2 Å². The molecule has 1 unspecified atom stereocenters. The lowest BCUT2D eigenvalue weighted by Crippen LogP contribution is -2.24. The molecular formula is C12H13BrFN. The maximum atomic E-state index is 13.1. The van der Waals surface area contributed by atoms with E-state index in [1.807, 2.05) is 13.0 Å². The van der Waals surface area contributed by atoms with Crippen LogP contribution in [0.1, 0.15) is 18.9 Å². The van der Waals surface area contributed by atoms with Gasteiger partial charge in [-0.25, -0.2) is 4.39 Å². The molecule has 1 atom stereocenters. The molecule has 0 spiro atoms. The lowest BCUT2D eigenvalue weighted by molar-refractivity contribution is 0.555. The summed E-state index contributed by atoms with van der Waals surface area (Å²) in [7, 11) is 0. The molecule has 0 radical (unpaired) electrons. The number of benzene rings is 1. The van der Waals surface area contributed by atoms with Crippen LogP contribution in [0.25, 0.3) is 0 Å². The molecule has 3 heteroatoms. The largest absolute Gasteiger partial charge is 0.309 e. The van der Waals surface area contributed by atoms with Crippen molar-refractivity contribution in [3.63, 3.8) is 0 Å². The Morgan fingerprint density at radius 1 is 1.60 bits per heavy atom. The minimum atomic E-state index is -0.237. The van der Waals surface area contributed by atoms with Gasteiger partial charge in [0.05, 0.1) is 4.47 Å². The Bertz CT molecular complexity index is 370. The predicted octanol–water partition coefficient (Wildman–Crippen LogP) is 3.09. The summed E-state index contributed by atoms with van der Waals surface area (Å²) in [5.74, 6) is 2.34. The van der Waals surface area contributed by atoms with Gasteiger partial charge in [-0.3, -0.25) is 0 Å². The number of rotatable bonds is 4. The number of nitrogens with one attached hydrogen (secondary N) is 1. The highest BCUT2D eigenvalue weighted by molar-refractivity contribution is 9.10. The minimum Gasteiger partial charge on any atom is -0.309 e. The van der Waals surface area contributed by atoms with Crippen LogP contribution in [0.3, 0.4) is 0 Å². The van der Waals surface area contributed by atoms with Crippen LogP contribution in [-0.2, 0) is 6.54 Å². The highest BCUT2D eigenvalue weighted by atomic mass is 79.9. The quantitative estimate of drug-likeness (QED) is 0.829. The third kappa shape index (κ3) is 4.03. The first kappa shape index (κ1) is 12.2. The number of terminal acetylenes is 1. The van der Waals surface area contributed by atoms with Gasteiger partial charge >= 0.3 is 0 Å². The Hall–Kier alpha value is -0.850. The standard InChI is InChI=1S/C12H13BrFN/c1-3-4-9(2)15-8-10-5-6-11(13)12(14)7-10/h1,5-7,9,15H,4,8H2,2H3. The molecule has 0 fully saturated rings. The van der Waals surface area contributed by atoms with Crippen molar-refractivity contribution in [2.24, 2.45) is 0 Å². The summed E-state index contributed by atoms with van der Waals surface area (Å²) in [5.41, 5.74) is 0.916. The van der Waals surface area contributed by atoms with Gasteiger partial charge in [0.1, 0.15) is 5.82 Å². The van der Waals surface area contributed by atoms with Crippen LogP contribution in [0.2, 0.25) is 0 Å². The van der Waals surface area contributed by atoms with E-state index in [-0.39, 0.29) is 11.9 Å². The van der Waals surface area contributed by atoms with E-state index >= 15 is 0 Å². The van der Waals surface area contributed by atoms with Crippen LogP contribution in [0.4, 0.5) is 4.39 Å².